The second-order valence-electron chi connectivity index (χ2n) is 5.06. The van der Waals surface area contributed by atoms with Crippen LogP contribution in [0.25, 0.3) is 11.0 Å². The van der Waals surface area contributed by atoms with E-state index in [1.165, 1.54) is 11.8 Å². The molecule has 0 bridgehead atoms. The predicted molar refractivity (Wildman–Crippen MR) is 98.6 cm³/mol. The molecule has 2 aromatic carbocycles. The molecule has 0 atom stereocenters. The van der Waals surface area contributed by atoms with E-state index >= 15 is 0 Å². The van der Waals surface area contributed by atoms with Crippen molar-refractivity contribution >= 4 is 46.0 Å². The highest BCUT2D eigenvalue weighted by Crippen LogP contribution is 2.19. The van der Waals surface area contributed by atoms with E-state index in [1.807, 2.05) is 42.5 Å². The van der Waals surface area contributed by atoms with Crippen LogP contribution < -0.4 is 5.43 Å². The van der Waals surface area contributed by atoms with Gasteiger partial charge in [-0.25, -0.2) is 10.4 Å². The number of hydrogen-bond donors (Lipinski definition) is 2. The average molecular weight is 359 g/mol. The van der Waals surface area contributed by atoms with Gasteiger partial charge >= 0.3 is 0 Å². The summed E-state index contributed by atoms with van der Waals surface area (Å²) in [6.45, 7) is 1.80. The molecule has 0 aliphatic carbocycles. The monoisotopic (exact) mass is 358 g/mol. The minimum Gasteiger partial charge on any atom is -0.333 e. The van der Waals surface area contributed by atoms with E-state index in [1.54, 1.807) is 13.0 Å². The zero-order valence-electron chi connectivity index (χ0n) is 12.9. The van der Waals surface area contributed by atoms with E-state index in [4.69, 9.17) is 11.6 Å². The van der Waals surface area contributed by atoms with Crippen molar-refractivity contribution in [2.75, 3.05) is 5.75 Å². The number of benzene rings is 2. The summed E-state index contributed by atoms with van der Waals surface area (Å²) in [5, 5.41) is 5.41. The summed E-state index contributed by atoms with van der Waals surface area (Å²) >= 11 is 7.44. The predicted octanol–water partition coefficient (Wildman–Crippen LogP) is 3.85. The second kappa shape index (κ2) is 7.51. The molecule has 1 amide bonds. The summed E-state index contributed by atoms with van der Waals surface area (Å²) in [5.74, 6) is 0.0194. The number of rotatable bonds is 5. The number of carbonyl (C=O) groups is 1. The summed E-state index contributed by atoms with van der Waals surface area (Å²) < 4.78 is 0. The number of hydrazone groups is 1. The normalized spacial score (nSPS) is 11.7. The maximum Gasteiger partial charge on any atom is 0.250 e. The number of H-pyrrole nitrogens is 1. The van der Waals surface area contributed by atoms with Crippen molar-refractivity contribution in [3.63, 3.8) is 0 Å². The van der Waals surface area contributed by atoms with E-state index in [0.717, 1.165) is 16.6 Å². The molecule has 122 valence electrons. The number of halogens is 1. The molecule has 1 aromatic heterocycles. The van der Waals surface area contributed by atoms with E-state index in [9.17, 15) is 4.79 Å². The molecule has 0 unspecified atom stereocenters. The molecule has 7 heteroatoms. The van der Waals surface area contributed by atoms with Crippen LogP contribution in [0.15, 0.2) is 58.8 Å². The van der Waals surface area contributed by atoms with Gasteiger partial charge in [0, 0.05) is 10.6 Å². The third-order valence-corrected chi connectivity index (χ3v) is 4.52. The molecule has 0 radical (unpaired) electrons. The number of imidazole rings is 1. The highest BCUT2D eigenvalue weighted by molar-refractivity contribution is 7.99. The number of thioether (sulfide) groups is 1. The Morgan fingerprint density at radius 3 is 2.79 bits per heavy atom. The molecule has 0 fully saturated rings. The van der Waals surface area contributed by atoms with Gasteiger partial charge in [-0.1, -0.05) is 53.7 Å². The Kier molecular flexibility index (Phi) is 5.17. The Balaban J connectivity index is 1.57. The Morgan fingerprint density at radius 1 is 1.25 bits per heavy atom. The van der Waals surface area contributed by atoms with Crippen LogP contribution in [0, 0.1) is 0 Å². The molecule has 3 aromatic rings. The molecule has 5 nitrogen and oxygen atoms in total. The molecule has 0 saturated heterocycles. The molecule has 1 heterocycles. The Morgan fingerprint density at radius 2 is 2.00 bits per heavy atom. The van der Waals surface area contributed by atoms with Gasteiger partial charge in [-0.15, -0.1) is 0 Å². The quantitative estimate of drug-likeness (QED) is 0.413. The van der Waals surface area contributed by atoms with Gasteiger partial charge in [-0.3, -0.25) is 4.79 Å². The minimum absolute atomic E-state index is 0.202. The van der Waals surface area contributed by atoms with Crippen LogP contribution in [0.5, 0.6) is 0 Å². The van der Waals surface area contributed by atoms with Crippen LogP contribution in [0.3, 0.4) is 0 Å². The van der Waals surface area contributed by atoms with Gasteiger partial charge in [0.15, 0.2) is 5.16 Å². The van der Waals surface area contributed by atoms with E-state index in [-0.39, 0.29) is 11.7 Å². The van der Waals surface area contributed by atoms with Crippen LogP contribution >= 0.6 is 23.4 Å². The van der Waals surface area contributed by atoms with Crippen molar-refractivity contribution in [3.8, 4) is 0 Å². The lowest BCUT2D eigenvalue weighted by atomic mass is 10.1. The van der Waals surface area contributed by atoms with Crippen molar-refractivity contribution in [1.82, 2.24) is 15.4 Å². The number of para-hydroxylation sites is 2. The van der Waals surface area contributed by atoms with Gasteiger partial charge in [0.1, 0.15) is 0 Å². The molecule has 3 rings (SSSR count). The zero-order chi connectivity index (χ0) is 16.9. The lowest BCUT2D eigenvalue weighted by Gasteiger charge is -2.04. The smallest absolute Gasteiger partial charge is 0.250 e. The van der Waals surface area contributed by atoms with Gasteiger partial charge < -0.3 is 4.98 Å². The zero-order valence-corrected chi connectivity index (χ0v) is 14.5. The van der Waals surface area contributed by atoms with Crippen LogP contribution in [-0.2, 0) is 4.79 Å². The van der Waals surface area contributed by atoms with Crippen molar-refractivity contribution in [3.05, 3.63) is 59.1 Å². The maximum atomic E-state index is 11.9. The molecule has 0 aliphatic heterocycles. The lowest BCUT2D eigenvalue weighted by Crippen LogP contribution is -2.21. The third kappa shape index (κ3) is 3.96. The van der Waals surface area contributed by atoms with Crippen molar-refractivity contribution < 1.29 is 4.79 Å². The summed E-state index contributed by atoms with van der Waals surface area (Å²) in [5.41, 5.74) is 5.83. The van der Waals surface area contributed by atoms with Crippen LogP contribution in [0.4, 0.5) is 0 Å². The average Bonchev–Trinajstić information content (AvgIpc) is 3.01. The number of nitrogens with one attached hydrogen (secondary N) is 2. The second-order valence-corrected chi connectivity index (χ2v) is 6.43. The van der Waals surface area contributed by atoms with Crippen molar-refractivity contribution in [1.29, 1.82) is 0 Å². The lowest BCUT2D eigenvalue weighted by molar-refractivity contribution is -0.118. The third-order valence-electron chi connectivity index (χ3n) is 3.32. The summed E-state index contributed by atoms with van der Waals surface area (Å²) in [4.78, 5) is 19.5. The van der Waals surface area contributed by atoms with Gasteiger partial charge in [-0.2, -0.15) is 5.10 Å². The fourth-order valence-corrected chi connectivity index (χ4v) is 3.07. The molecule has 24 heavy (non-hydrogen) atoms. The van der Waals surface area contributed by atoms with Gasteiger partial charge in [-0.05, 0) is 25.1 Å². The number of aromatic amines is 1. The van der Waals surface area contributed by atoms with Gasteiger partial charge in [0.05, 0.1) is 22.5 Å². The topological polar surface area (TPSA) is 70.1 Å². The van der Waals surface area contributed by atoms with E-state index < -0.39 is 0 Å². The molecular weight excluding hydrogens is 344 g/mol. The molecule has 0 saturated carbocycles. The highest BCUT2D eigenvalue weighted by Gasteiger charge is 2.07. The van der Waals surface area contributed by atoms with E-state index in [2.05, 4.69) is 20.5 Å². The van der Waals surface area contributed by atoms with Crippen LogP contribution in [-0.4, -0.2) is 27.3 Å². The fraction of sp³-hybridized carbons (Fsp3) is 0.118. The van der Waals surface area contributed by atoms with Crippen LogP contribution in [0.2, 0.25) is 5.02 Å². The first-order valence-corrected chi connectivity index (χ1v) is 8.65. The van der Waals surface area contributed by atoms with Gasteiger partial charge in [0.25, 0.3) is 5.91 Å². The first kappa shape index (κ1) is 16.5. The Labute approximate surface area is 148 Å². The van der Waals surface area contributed by atoms with Crippen molar-refractivity contribution in [2.24, 2.45) is 5.10 Å². The Hall–Kier alpha value is -2.31. The first-order chi connectivity index (χ1) is 11.6. The SMILES string of the molecule is CC(=NNC(=O)CSc1nc2ccccc2[nH]1)c1ccccc1Cl. The number of aromatic nitrogens is 2. The standard InChI is InChI=1S/C17H15ClN4OS/c1-11(12-6-2-3-7-13(12)18)21-22-16(23)10-24-17-19-14-8-4-5-9-15(14)20-17/h2-9H,10H2,1H3,(H,19,20)(H,22,23). The van der Waals surface area contributed by atoms with E-state index in [0.29, 0.717) is 15.9 Å². The molecule has 2 N–H and O–H groups in total. The van der Waals surface area contributed by atoms with Crippen LogP contribution in [0.1, 0.15) is 12.5 Å². The summed E-state index contributed by atoms with van der Waals surface area (Å²) in [7, 11) is 0. The fourth-order valence-electron chi connectivity index (χ4n) is 2.12. The number of hydrogen-bond acceptors (Lipinski definition) is 4. The first-order valence-electron chi connectivity index (χ1n) is 7.29. The number of carbonyl (C=O) groups excluding carboxylic acids is 1. The number of amides is 1. The summed E-state index contributed by atoms with van der Waals surface area (Å²) in [6.07, 6.45) is 0. The molecule has 0 aliphatic rings. The van der Waals surface area contributed by atoms with Crippen molar-refractivity contribution in [2.45, 2.75) is 12.1 Å². The molecular formula is C17H15ClN4OS. The van der Waals surface area contributed by atoms with Gasteiger partial charge in [0.2, 0.25) is 0 Å². The minimum atomic E-state index is -0.202. The highest BCUT2D eigenvalue weighted by atomic mass is 35.5. The Bertz CT molecular complexity index is 873. The number of fused-ring (bicyclic) bond motifs is 1. The summed E-state index contributed by atoms with van der Waals surface area (Å²) in [6, 6.07) is 15.1. The maximum absolute atomic E-state index is 11.9. The number of nitrogens with zero attached hydrogens (tertiary/aromatic N) is 2. The largest absolute Gasteiger partial charge is 0.333 e. The molecule has 0 spiro atoms.